The smallest absolute Gasteiger partial charge is 0.487 e. The van der Waals surface area contributed by atoms with E-state index in [2.05, 4.69) is 0 Å². The van der Waals surface area contributed by atoms with Crippen molar-refractivity contribution < 1.29 is 24.4 Å². The zero-order valence-corrected chi connectivity index (χ0v) is 18.2. The summed E-state index contributed by atoms with van der Waals surface area (Å²) >= 11 is 6.33. The monoisotopic (exact) mass is 431 g/mol. The third-order valence-corrected chi connectivity index (χ3v) is 7.04. The number of hydrogen-bond donors (Lipinski definition) is 2. The van der Waals surface area contributed by atoms with Crippen molar-refractivity contribution in [1.82, 2.24) is 4.90 Å². The molecular weight excluding hydrogens is 405 g/mol. The Labute approximate surface area is 182 Å². The minimum atomic E-state index is -1.15. The second kappa shape index (κ2) is 8.02. The third-order valence-electron chi connectivity index (χ3n) is 6.71. The van der Waals surface area contributed by atoms with Crippen LogP contribution in [-0.4, -0.2) is 40.5 Å². The van der Waals surface area contributed by atoms with E-state index < -0.39 is 19.1 Å². The number of imide groups is 1. The number of aromatic hydroxyl groups is 1. The lowest BCUT2D eigenvalue weighted by Gasteiger charge is -2.43. The van der Waals surface area contributed by atoms with Crippen molar-refractivity contribution in [1.29, 1.82) is 0 Å². The van der Waals surface area contributed by atoms with Crippen molar-refractivity contribution in [3.05, 3.63) is 39.8 Å². The topological polar surface area (TPSA) is 87.1 Å². The summed E-state index contributed by atoms with van der Waals surface area (Å²) in [5.74, 6) is -1.18. The van der Waals surface area contributed by atoms with Gasteiger partial charge >= 0.3 is 7.12 Å². The largest absolute Gasteiger partial charge is 0.508 e. The fraction of sp³-hybridized carbons (Fsp3) is 0.545. The molecule has 8 heteroatoms. The lowest BCUT2D eigenvalue weighted by Crippen LogP contribution is -2.45. The van der Waals surface area contributed by atoms with Crippen LogP contribution in [0.25, 0.3) is 0 Å². The Morgan fingerprint density at radius 1 is 1.27 bits per heavy atom. The summed E-state index contributed by atoms with van der Waals surface area (Å²) in [6.45, 7) is 6.46. The number of carbonyl (C=O) groups excluding carboxylic acids is 2. The molecule has 2 amide bonds. The summed E-state index contributed by atoms with van der Waals surface area (Å²) in [5, 5.41) is 21.0. The Morgan fingerprint density at radius 2 is 2.00 bits per heavy atom. The summed E-state index contributed by atoms with van der Waals surface area (Å²) in [6.07, 6.45) is 1.13. The van der Waals surface area contributed by atoms with Crippen LogP contribution in [-0.2, 0) is 14.2 Å². The van der Waals surface area contributed by atoms with Crippen molar-refractivity contribution in [2.75, 3.05) is 6.54 Å². The van der Waals surface area contributed by atoms with Crippen LogP contribution in [0, 0.1) is 23.7 Å². The normalized spacial score (nSPS) is 29.0. The molecule has 160 valence electrons. The standard InChI is InChI=1S/C22H27BClNO5/c1-4-7-25-21(27)16-9-14(11(2)3)20-15(19(16)22(25)28)10-18(30-23(20)29)13-6-5-12(26)8-17(13)24/h5-6,8,11,15-16,18-19,26,29H,4,7,9-10H2,1-3H3/t15-,16-,18-,19+/m0/s1. The van der Waals surface area contributed by atoms with E-state index in [1.165, 1.54) is 17.0 Å². The molecule has 6 nitrogen and oxygen atoms in total. The molecule has 2 aliphatic heterocycles. The molecule has 1 aliphatic carbocycles. The number of likely N-dealkylation sites (tertiary alicyclic amines) is 1. The SMILES string of the molecule is CCCN1C(=O)[C@H]2[C@H](CC(C(C)C)=C3B(O)O[C@H](c4ccc(O)cc4Cl)C[C@H]32)C1=O. The number of allylic oxidation sites excluding steroid dienone is 2. The van der Waals surface area contributed by atoms with Crippen LogP contribution in [0.5, 0.6) is 5.75 Å². The summed E-state index contributed by atoms with van der Waals surface area (Å²) in [7, 11) is -1.15. The van der Waals surface area contributed by atoms with Gasteiger partial charge in [0.15, 0.2) is 0 Å². The molecule has 0 aromatic heterocycles. The zero-order valence-electron chi connectivity index (χ0n) is 17.5. The fourth-order valence-corrected chi connectivity index (χ4v) is 5.68. The second-order valence-corrected chi connectivity index (χ2v) is 9.23. The zero-order chi connectivity index (χ0) is 21.7. The van der Waals surface area contributed by atoms with Crippen molar-refractivity contribution in [2.24, 2.45) is 23.7 Å². The maximum absolute atomic E-state index is 13.2. The number of phenolic OH excluding ortho intramolecular Hbond substituents is 1. The van der Waals surface area contributed by atoms with Crippen molar-refractivity contribution in [2.45, 2.75) is 46.1 Å². The van der Waals surface area contributed by atoms with Crippen LogP contribution in [0.4, 0.5) is 0 Å². The van der Waals surface area contributed by atoms with Gasteiger partial charge in [0.25, 0.3) is 0 Å². The summed E-state index contributed by atoms with van der Waals surface area (Å²) in [4.78, 5) is 27.7. The Morgan fingerprint density at radius 3 is 2.63 bits per heavy atom. The maximum atomic E-state index is 13.2. The molecule has 2 heterocycles. The van der Waals surface area contributed by atoms with Crippen molar-refractivity contribution in [3.8, 4) is 5.75 Å². The summed E-state index contributed by atoms with van der Waals surface area (Å²) in [5.41, 5.74) is 2.43. The molecule has 0 spiro atoms. The molecule has 0 bridgehead atoms. The number of amides is 2. The number of phenols is 1. The predicted molar refractivity (Wildman–Crippen MR) is 113 cm³/mol. The van der Waals surface area contributed by atoms with Crippen molar-refractivity contribution in [3.63, 3.8) is 0 Å². The average Bonchev–Trinajstić information content (AvgIpc) is 2.92. The molecule has 2 saturated heterocycles. The quantitative estimate of drug-likeness (QED) is 0.563. The van der Waals surface area contributed by atoms with Crippen LogP contribution in [0.1, 0.15) is 51.7 Å². The number of nitrogens with zero attached hydrogens (tertiary/aromatic N) is 1. The molecule has 0 radical (unpaired) electrons. The molecule has 2 fully saturated rings. The van der Waals surface area contributed by atoms with Crippen molar-refractivity contribution >= 4 is 30.5 Å². The molecule has 2 N–H and O–H groups in total. The van der Waals surface area contributed by atoms with E-state index >= 15 is 0 Å². The molecule has 1 aromatic rings. The number of halogens is 1. The minimum Gasteiger partial charge on any atom is -0.508 e. The van der Waals surface area contributed by atoms with Gasteiger partial charge in [0.2, 0.25) is 11.8 Å². The fourth-order valence-electron chi connectivity index (χ4n) is 5.39. The van der Waals surface area contributed by atoms with Crippen LogP contribution in [0.2, 0.25) is 5.02 Å². The molecular formula is C22H27BClNO5. The van der Waals surface area contributed by atoms with E-state index in [9.17, 15) is 19.7 Å². The Kier molecular flexibility index (Phi) is 5.72. The van der Waals surface area contributed by atoms with E-state index in [0.717, 1.165) is 17.5 Å². The average molecular weight is 432 g/mol. The van der Waals surface area contributed by atoms with Gasteiger partial charge in [-0.25, -0.2) is 0 Å². The van der Waals surface area contributed by atoms with Gasteiger partial charge in [0, 0.05) is 11.6 Å². The van der Waals surface area contributed by atoms with Gasteiger partial charge in [-0.2, -0.15) is 0 Å². The molecule has 30 heavy (non-hydrogen) atoms. The lowest BCUT2D eigenvalue weighted by atomic mass is 9.54. The van der Waals surface area contributed by atoms with E-state index in [-0.39, 0.29) is 35.3 Å². The third kappa shape index (κ3) is 3.37. The van der Waals surface area contributed by atoms with Crippen LogP contribution < -0.4 is 0 Å². The maximum Gasteiger partial charge on any atom is 0.487 e. The molecule has 0 saturated carbocycles. The van der Waals surface area contributed by atoms with Crippen LogP contribution >= 0.6 is 11.6 Å². The highest BCUT2D eigenvalue weighted by Gasteiger charge is 2.57. The van der Waals surface area contributed by atoms with Gasteiger partial charge in [-0.15, -0.1) is 0 Å². The van der Waals surface area contributed by atoms with Crippen LogP contribution in [0.3, 0.4) is 0 Å². The first kappa shape index (κ1) is 21.4. The Balaban J connectivity index is 1.76. The molecule has 1 aromatic carbocycles. The highest BCUT2D eigenvalue weighted by atomic mass is 35.5. The first-order valence-corrected chi connectivity index (χ1v) is 11.0. The number of carbonyl (C=O) groups is 2. The number of fused-ring (bicyclic) bond motifs is 3. The van der Waals surface area contributed by atoms with Gasteiger partial charge in [-0.1, -0.05) is 44.0 Å². The first-order valence-electron chi connectivity index (χ1n) is 10.6. The van der Waals surface area contributed by atoms with Gasteiger partial charge in [-0.05, 0) is 54.3 Å². The van der Waals surface area contributed by atoms with Crippen LogP contribution in [0.15, 0.2) is 29.2 Å². The van der Waals surface area contributed by atoms with E-state index in [0.29, 0.717) is 30.0 Å². The molecule has 0 unspecified atom stereocenters. The van der Waals surface area contributed by atoms with Gasteiger partial charge in [0.1, 0.15) is 5.75 Å². The second-order valence-electron chi connectivity index (χ2n) is 8.82. The molecule has 4 rings (SSSR count). The highest BCUT2D eigenvalue weighted by molar-refractivity contribution is 6.53. The van der Waals surface area contributed by atoms with Gasteiger partial charge < -0.3 is 14.8 Å². The van der Waals surface area contributed by atoms with E-state index in [4.69, 9.17) is 16.3 Å². The first-order chi connectivity index (χ1) is 14.2. The lowest BCUT2D eigenvalue weighted by molar-refractivity contribution is -0.140. The van der Waals surface area contributed by atoms with Gasteiger partial charge in [0.05, 0.1) is 17.9 Å². The Hall–Kier alpha value is -1.83. The highest BCUT2D eigenvalue weighted by Crippen LogP contribution is 2.53. The minimum absolute atomic E-state index is 0.0484. The molecule has 4 atom stereocenters. The predicted octanol–water partition coefficient (Wildman–Crippen LogP) is 3.51. The number of hydrogen-bond acceptors (Lipinski definition) is 5. The number of rotatable bonds is 4. The number of benzene rings is 1. The Bertz CT molecular complexity index is 917. The van der Waals surface area contributed by atoms with E-state index in [1.807, 2.05) is 20.8 Å². The summed E-state index contributed by atoms with van der Waals surface area (Å²) < 4.78 is 5.95. The van der Waals surface area contributed by atoms with Gasteiger partial charge in [-0.3, -0.25) is 14.5 Å². The summed E-state index contributed by atoms with van der Waals surface area (Å²) in [6, 6.07) is 4.64. The van der Waals surface area contributed by atoms with E-state index in [1.54, 1.807) is 6.07 Å². The molecule has 3 aliphatic rings.